The molecule has 2 atom stereocenters. The predicted octanol–water partition coefficient (Wildman–Crippen LogP) is 2.84. The minimum Gasteiger partial charge on any atom is -0.391 e. The second kappa shape index (κ2) is 6.59. The average molecular weight is 293 g/mol. The highest BCUT2D eigenvalue weighted by atomic mass is 16.3. The molecule has 4 heteroatoms. The molecule has 3 aliphatic rings. The summed E-state index contributed by atoms with van der Waals surface area (Å²) in [6, 6.07) is 12.7. The maximum absolute atomic E-state index is 9.94. The summed E-state index contributed by atoms with van der Waals surface area (Å²) < 4.78 is 0. The normalized spacial score (nSPS) is 21.1. The van der Waals surface area contributed by atoms with Crippen LogP contribution in [0.15, 0.2) is 42.7 Å². The highest BCUT2D eigenvalue weighted by Gasteiger charge is 2.29. The van der Waals surface area contributed by atoms with Crippen molar-refractivity contribution in [1.82, 2.24) is 9.97 Å². The molecule has 0 saturated heterocycles. The number of nitrogens with zero attached hydrogens (tertiary/aromatic N) is 3. The number of fused-ring (bicyclic) bond motifs is 1. The van der Waals surface area contributed by atoms with E-state index in [4.69, 9.17) is 6.42 Å². The van der Waals surface area contributed by atoms with Gasteiger partial charge in [0.2, 0.25) is 5.95 Å². The van der Waals surface area contributed by atoms with E-state index in [1.165, 1.54) is 11.1 Å². The van der Waals surface area contributed by atoms with Gasteiger partial charge < -0.3 is 5.11 Å². The summed E-state index contributed by atoms with van der Waals surface area (Å²) in [7, 11) is 0. The molecule has 112 valence electrons. The van der Waals surface area contributed by atoms with E-state index in [0.29, 0.717) is 5.95 Å². The van der Waals surface area contributed by atoms with Gasteiger partial charge in [-0.25, -0.2) is 9.97 Å². The average Bonchev–Trinajstić information content (AvgIpc) is 3.17. The molecule has 1 N–H and O–H groups in total. The molecule has 22 heavy (non-hydrogen) atoms. The fourth-order valence-corrected chi connectivity index (χ4v) is 2.79. The Morgan fingerprint density at radius 2 is 1.77 bits per heavy atom. The SMILES string of the molecule is C#CN(c1ncccn1)C1CCCCC1O.c1cc2cc-2c1. The van der Waals surface area contributed by atoms with Gasteiger partial charge in [0.25, 0.3) is 0 Å². The number of aromatic nitrogens is 2. The van der Waals surface area contributed by atoms with E-state index in [1.54, 1.807) is 23.4 Å². The fourth-order valence-electron chi connectivity index (χ4n) is 2.79. The second-order valence-electron chi connectivity index (χ2n) is 5.55. The Bertz CT molecular complexity index is 648. The Kier molecular flexibility index (Phi) is 4.36. The smallest absolute Gasteiger partial charge is 0.237 e. The first-order valence-corrected chi connectivity index (χ1v) is 7.60. The fraction of sp³-hybridized carbons (Fsp3) is 0.333. The zero-order valence-corrected chi connectivity index (χ0v) is 12.4. The number of aliphatic hydroxyl groups excluding tert-OH is 1. The largest absolute Gasteiger partial charge is 0.391 e. The zero-order valence-electron chi connectivity index (χ0n) is 12.4. The summed E-state index contributed by atoms with van der Waals surface area (Å²) in [6.07, 6.45) is 12.3. The lowest BCUT2D eigenvalue weighted by atomic mass is 9.92. The van der Waals surface area contributed by atoms with Crippen LogP contribution in [-0.2, 0) is 0 Å². The number of anilines is 1. The molecule has 1 aromatic rings. The van der Waals surface area contributed by atoms with Crippen molar-refractivity contribution in [1.29, 1.82) is 0 Å². The molecule has 1 fully saturated rings. The number of aliphatic hydroxyl groups is 1. The molecule has 2 unspecified atom stereocenters. The molecule has 1 aromatic heterocycles. The van der Waals surface area contributed by atoms with Crippen molar-refractivity contribution < 1.29 is 5.11 Å². The van der Waals surface area contributed by atoms with Crippen molar-refractivity contribution in [3.05, 3.63) is 42.7 Å². The van der Waals surface area contributed by atoms with Crippen LogP contribution >= 0.6 is 0 Å². The van der Waals surface area contributed by atoms with E-state index in [1.807, 2.05) is 0 Å². The van der Waals surface area contributed by atoms with Crippen LogP contribution in [0, 0.1) is 12.5 Å². The lowest BCUT2D eigenvalue weighted by Crippen LogP contribution is -2.43. The van der Waals surface area contributed by atoms with Gasteiger partial charge in [0.1, 0.15) is 0 Å². The predicted molar refractivity (Wildman–Crippen MR) is 87.0 cm³/mol. The number of benzene rings is 1. The van der Waals surface area contributed by atoms with Gasteiger partial charge in [-0.15, -0.1) is 0 Å². The summed E-state index contributed by atoms with van der Waals surface area (Å²) >= 11 is 0. The first kappa shape index (κ1) is 14.6. The molecule has 4 nitrogen and oxygen atoms in total. The van der Waals surface area contributed by atoms with Gasteiger partial charge >= 0.3 is 0 Å². The molecule has 0 aromatic carbocycles. The lowest BCUT2D eigenvalue weighted by molar-refractivity contribution is 0.108. The first-order chi connectivity index (χ1) is 10.8. The van der Waals surface area contributed by atoms with Crippen LogP contribution < -0.4 is 4.90 Å². The third-order valence-electron chi connectivity index (χ3n) is 4.04. The lowest BCUT2D eigenvalue weighted by Gasteiger charge is -2.33. The topological polar surface area (TPSA) is 49.2 Å². The maximum atomic E-state index is 9.94. The minimum absolute atomic E-state index is 0.0545. The van der Waals surface area contributed by atoms with Crippen LogP contribution in [0.5, 0.6) is 0 Å². The van der Waals surface area contributed by atoms with Crippen LogP contribution in [0.4, 0.5) is 5.95 Å². The monoisotopic (exact) mass is 293 g/mol. The molecular formula is C18H19N3O. The van der Waals surface area contributed by atoms with Crippen LogP contribution in [-0.4, -0.2) is 27.2 Å². The third-order valence-corrected chi connectivity index (χ3v) is 4.04. The van der Waals surface area contributed by atoms with Gasteiger partial charge in [-0.05, 0) is 36.1 Å². The quantitative estimate of drug-likeness (QED) is 0.583. The molecule has 0 aliphatic heterocycles. The summed E-state index contributed by atoms with van der Waals surface area (Å²) in [5.41, 5.74) is 2.85. The van der Waals surface area contributed by atoms with Gasteiger partial charge in [0.15, 0.2) is 0 Å². The van der Waals surface area contributed by atoms with Gasteiger partial charge in [-0.2, -0.15) is 0 Å². The molecule has 4 rings (SSSR count). The Hall–Kier alpha value is -2.38. The maximum Gasteiger partial charge on any atom is 0.237 e. The molecule has 0 amide bonds. The van der Waals surface area contributed by atoms with E-state index >= 15 is 0 Å². The van der Waals surface area contributed by atoms with E-state index in [9.17, 15) is 5.11 Å². The minimum atomic E-state index is -0.381. The van der Waals surface area contributed by atoms with Crippen LogP contribution in [0.1, 0.15) is 25.7 Å². The standard InChI is InChI=1S/C12H15N3O.C6H4/c1-2-15(12-13-8-5-9-14-12)10-6-3-4-7-11(10)16;1-2-5-4-6(5)3-1/h1,5,8-11,16H,3-4,6-7H2;1-4H. The second-order valence-corrected chi connectivity index (χ2v) is 5.55. The first-order valence-electron chi connectivity index (χ1n) is 7.60. The summed E-state index contributed by atoms with van der Waals surface area (Å²) in [5, 5.41) is 9.94. The molecular weight excluding hydrogens is 274 g/mol. The van der Waals surface area contributed by atoms with Crippen LogP contribution in [0.2, 0.25) is 0 Å². The number of hydrogen-bond donors (Lipinski definition) is 1. The van der Waals surface area contributed by atoms with Gasteiger partial charge in [-0.1, -0.05) is 37.5 Å². The summed E-state index contributed by atoms with van der Waals surface area (Å²) in [4.78, 5) is 9.88. The Balaban J connectivity index is 0.000000196. The summed E-state index contributed by atoms with van der Waals surface area (Å²) in [5.74, 6) is 0.496. The van der Waals surface area contributed by atoms with E-state index < -0.39 is 0 Å². The van der Waals surface area contributed by atoms with Crippen LogP contribution in [0.3, 0.4) is 0 Å². The van der Waals surface area contributed by atoms with Gasteiger partial charge in [0.05, 0.1) is 12.1 Å². The molecule has 0 spiro atoms. The molecule has 1 saturated carbocycles. The Morgan fingerprint density at radius 3 is 2.27 bits per heavy atom. The highest BCUT2D eigenvalue weighted by Crippen LogP contribution is 2.32. The van der Waals surface area contributed by atoms with Gasteiger partial charge in [-0.3, -0.25) is 4.90 Å². The number of terminal acetylenes is 1. The van der Waals surface area contributed by atoms with E-state index in [2.05, 4.69) is 40.3 Å². The third kappa shape index (κ3) is 3.26. The zero-order chi connectivity index (χ0) is 15.4. The molecule has 1 heterocycles. The van der Waals surface area contributed by atoms with Crippen molar-refractivity contribution in [2.75, 3.05) is 4.90 Å². The van der Waals surface area contributed by atoms with Crippen molar-refractivity contribution in [2.24, 2.45) is 0 Å². The van der Waals surface area contributed by atoms with Crippen molar-refractivity contribution in [3.8, 4) is 23.6 Å². The van der Waals surface area contributed by atoms with E-state index in [0.717, 1.165) is 25.7 Å². The Labute approximate surface area is 130 Å². The van der Waals surface area contributed by atoms with Crippen molar-refractivity contribution in [2.45, 2.75) is 37.8 Å². The van der Waals surface area contributed by atoms with Crippen molar-refractivity contribution >= 4 is 5.95 Å². The Morgan fingerprint density at radius 1 is 1.09 bits per heavy atom. The van der Waals surface area contributed by atoms with Crippen LogP contribution in [0.25, 0.3) is 11.1 Å². The highest BCUT2D eigenvalue weighted by molar-refractivity contribution is 5.80. The molecule has 3 aliphatic carbocycles. The summed E-state index contributed by atoms with van der Waals surface area (Å²) in [6.45, 7) is 0. The number of hydrogen-bond acceptors (Lipinski definition) is 4. The van der Waals surface area contributed by atoms with E-state index in [-0.39, 0.29) is 12.1 Å². The molecule has 0 radical (unpaired) electrons. The van der Waals surface area contributed by atoms with Gasteiger partial charge in [0, 0.05) is 18.4 Å². The van der Waals surface area contributed by atoms with Crippen molar-refractivity contribution in [3.63, 3.8) is 0 Å². The molecule has 0 bridgehead atoms. The number of rotatable bonds is 2.